The van der Waals surface area contributed by atoms with Crippen LogP contribution in [-0.4, -0.2) is 19.2 Å². The van der Waals surface area contributed by atoms with Gasteiger partial charge in [0.25, 0.3) is 0 Å². The van der Waals surface area contributed by atoms with E-state index in [4.69, 9.17) is 18.6 Å². The van der Waals surface area contributed by atoms with Gasteiger partial charge in [0.2, 0.25) is 0 Å². The zero-order valence-electron chi connectivity index (χ0n) is 18.9. The van der Waals surface area contributed by atoms with E-state index in [0.29, 0.717) is 47.3 Å². The van der Waals surface area contributed by atoms with E-state index in [0.717, 1.165) is 16.2 Å². The number of carbonyl (C=O) groups is 1. The fraction of sp³-hybridized carbons (Fsp3) is 0.259. The van der Waals surface area contributed by atoms with Gasteiger partial charge in [-0.1, -0.05) is 44.2 Å². The summed E-state index contributed by atoms with van der Waals surface area (Å²) in [7, 11) is 0. The summed E-state index contributed by atoms with van der Waals surface area (Å²) in [4.78, 5) is 24.9. The molecule has 0 saturated carbocycles. The fourth-order valence-corrected chi connectivity index (χ4v) is 3.64. The first-order valence-corrected chi connectivity index (χ1v) is 11.0. The summed E-state index contributed by atoms with van der Waals surface area (Å²) in [6, 6.07) is 17.8. The van der Waals surface area contributed by atoms with E-state index >= 15 is 0 Å². The van der Waals surface area contributed by atoms with Crippen molar-refractivity contribution in [2.45, 2.75) is 27.4 Å². The van der Waals surface area contributed by atoms with Gasteiger partial charge >= 0.3 is 11.6 Å². The monoisotopic (exact) mass is 446 g/mol. The van der Waals surface area contributed by atoms with Crippen LogP contribution in [0.4, 0.5) is 0 Å². The van der Waals surface area contributed by atoms with Crippen LogP contribution in [0, 0.1) is 5.92 Å². The van der Waals surface area contributed by atoms with Crippen molar-refractivity contribution in [3.63, 3.8) is 0 Å². The lowest BCUT2D eigenvalue weighted by molar-refractivity contribution is 0.0473. The van der Waals surface area contributed by atoms with E-state index < -0.39 is 11.6 Å². The van der Waals surface area contributed by atoms with Crippen LogP contribution in [0.1, 0.15) is 36.7 Å². The van der Waals surface area contributed by atoms with Gasteiger partial charge in [-0.3, -0.25) is 0 Å². The lowest BCUT2D eigenvalue weighted by Gasteiger charge is -2.14. The zero-order chi connectivity index (χ0) is 23.4. The molecule has 0 fully saturated rings. The van der Waals surface area contributed by atoms with Crippen LogP contribution in [0.5, 0.6) is 11.5 Å². The van der Waals surface area contributed by atoms with Crippen LogP contribution in [0.25, 0.3) is 21.7 Å². The SMILES string of the molecule is CCOc1cc(C(=O)OCc2cc(=O)oc3ccc4ccccc4c23)ccc1OCC(C)C. The second kappa shape index (κ2) is 9.77. The van der Waals surface area contributed by atoms with Crippen molar-refractivity contribution in [2.75, 3.05) is 13.2 Å². The molecule has 4 aromatic rings. The summed E-state index contributed by atoms with van der Waals surface area (Å²) >= 11 is 0. The van der Waals surface area contributed by atoms with Crippen LogP contribution in [0.2, 0.25) is 0 Å². The molecule has 6 nitrogen and oxygen atoms in total. The number of rotatable bonds is 8. The van der Waals surface area contributed by atoms with Crippen LogP contribution >= 0.6 is 0 Å². The van der Waals surface area contributed by atoms with Gasteiger partial charge in [-0.05, 0) is 47.9 Å². The molecular weight excluding hydrogens is 420 g/mol. The van der Waals surface area contributed by atoms with E-state index in [9.17, 15) is 9.59 Å². The van der Waals surface area contributed by atoms with Crippen molar-refractivity contribution < 1.29 is 23.4 Å². The largest absolute Gasteiger partial charge is 0.490 e. The van der Waals surface area contributed by atoms with E-state index in [2.05, 4.69) is 13.8 Å². The van der Waals surface area contributed by atoms with Crippen molar-refractivity contribution in [1.29, 1.82) is 0 Å². The zero-order valence-corrected chi connectivity index (χ0v) is 18.9. The van der Waals surface area contributed by atoms with Crippen LogP contribution in [-0.2, 0) is 11.3 Å². The fourth-order valence-electron chi connectivity index (χ4n) is 3.64. The van der Waals surface area contributed by atoms with Gasteiger partial charge in [-0.2, -0.15) is 0 Å². The molecule has 0 amide bonds. The molecule has 0 N–H and O–H groups in total. The molecule has 0 atom stereocenters. The third-order valence-electron chi connectivity index (χ3n) is 5.12. The maximum Gasteiger partial charge on any atom is 0.338 e. The molecule has 3 aromatic carbocycles. The van der Waals surface area contributed by atoms with Gasteiger partial charge in [0.1, 0.15) is 12.2 Å². The van der Waals surface area contributed by atoms with Gasteiger partial charge < -0.3 is 18.6 Å². The average Bonchev–Trinajstić information content (AvgIpc) is 2.81. The topological polar surface area (TPSA) is 75.0 Å². The Hall–Kier alpha value is -3.80. The smallest absolute Gasteiger partial charge is 0.338 e. The number of hydrogen-bond donors (Lipinski definition) is 0. The molecule has 0 aliphatic heterocycles. The number of esters is 1. The Morgan fingerprint density at radius 1 is 0.970 bits per heavy atom. The highest BCUT2D eigenvalue weighted by Gasteiger charge is 2.16. The summed E-state index contributed by atoms with van der Waals surface area (Å²) in [6.45, 7) is 6.90. The van der Waals surface area contributed by atoms with E-state index in [1.165, 1.54) is 6.07 Å². The Bertz CT molecular complexity index is 1350. The minimum atomic E-state index is -0.520. The second-order valence-corrected chi connectivity index (χ2v) is 8.13. The molecular formula is C27H26O6. The molecule has 1 heterocycles. The lowest BCUT2D eigenvalue weighted by atomic mass is 10.0. The molecule has 0 saturated heterocycles. The third-order valence-corrected chi connectivity index (χ3v) is 5.12. The summed E-state index contributed by atoms with van der Waals surface area (Å²) < 4.78 is 22.4. The Morgan fingerprint density at radius 2 is 1.79 bits per heavy atom. The van der Waals surface area contributed by atoms with Crippen molar-refractivity contribution in [1.82, 2.24) is 0 Å². The van der Waals surface area contributed by atoms with Crippen LogP contribution in [0.3, 0.4) is 0 Å². The second-order valence-electron chi connectivity index (χ2n) is 8.13. The van der Waals surface area contributed by atoms with Gasteiger partial charge in [0.05, 0.1) is 18.8 Å². The molecule has 0 bridgehead atoms. The van der Waals surface area contributed by atoms with Crippen molar-refractivity contribution in [2.24, 2.45) is 5.92 Å². The molecule has 0 aliphatic carbocycles. The summed E-state index contributed by atoms with van der Waals surface area (Å²) in [5, 5.41) is 2.69. The Kier molecular flexibility index (Phi) is 6.63. The van der Waals surface area contributed by atoms with Crippen LogP contribution in [0.15, 0.2) is 69.9 Å². The van der Waals surface area contributed by atoms with Gasteiger partial charge in [-0.25, -0.2) is 9.59 Å². The molecule has 1 aromatic heterocycles. The van der Waals surface area contributed by atoms with E-state index in [1.807, 2.05) is 37.3 Å². The standard InChI is InChI=1S/C27H26O6/c1-4-30-24-13-19(10-11-22(24)31-15-17(2)3)27(29)32-16-20-14-25(28)33-23-12-9-18-7-5-6-8-21(18)26(20)23/h5-14,17H,4,15-16H2,1-3H3. The predicted octanol–water partition coefficient (Wildman–Crippen LogP) is 5.74. The Morgan fingerprint density at radius 3 is 2.58 bits per heavy atom. The minimum absolute atomic E-state index is 0.0650. The van der Waals surface area contributed by atoms with Crippen molar-refractivity contribution in [3.05, 3.63) is 82.2 Å². The Balaban J connectivity index is 1.61. The highest BCUT2D eigenvalue weighted by atomic mass is 16.5. The summed E-state index contributed by atoms with van der Waals surface area (Å²) in [5.41, 5.74) is 0.896. The molecule has 0 radical (unpaired) electrons. The molecule has 6 heteroatoms. The summed E-state index contributed by atoms with van der Waals surface area (Å²) in [5.74, 6) is 0.913. The molecule has 170 valence electrons. The molecule has 0 spiro atoms. The minimum Gasteiger partial charge on any atom is -0.490 e. The number of ether oxygens (including phenoxy) is 3. The number of fused-ring (bicyclic) bond motifs is 3. The third kappa shape index (κ3) is 5.00. The number of hydrogen-bond acceptors (Lipinski definition) is 6. The first-order valence-electron chi connectivity index (χ1n) is 11.0. The molecule has 4 rings (SSSR count). The quantitative estimate of drug-likeness (QED) is 0.195. The average molecular weight is 446 g/mol. The normalized spacial score (nSPS) is 11.2. The lowest BCUT2D eigenvalue weighted by Crippen LogP contribution is -2.10. The highest BCUT2D eigenvalue weighted by molar-refractivity contribution is 6.07. The first kappa shape index (κ1) is 22.4. The summed E-state index contributed by atoms with van der Waals surface area (Å²) in [6.07, 6.45) is 0. The van der Waals surface area contributed by atoms with Crippen molar-refractivity contribution >= 4 is 27.7 Å². The van der Waals surface area contributed by atoms with E-state index in [1.54, 1.807) is 24.3 Å². The van der Waals surface area contributed by atoms with Crippen LogP contribution < -0.4 is 15.1 Å². The van der Waals surface area contributed by atoms with Gasteiger partial charge in [0.15, 0.2) is 11.5 Å². The van der Waals surface area contributed by atoms with Gasteiger partial charge in [-0.15, -0.1) is 0 Å². The Labute approximate surface area is 191 Å². The molecule has 33 heavy (non-hydrogen) atoms. The first-order chi connectivity index (χ1) is 16.0. The maximum absolute atomic E-state index is 12.8. The van der Waals surface area contributed by atoms with Crippen molar-refractivity contribution in [3.8, 4) is 11.5 Å². The van der Waals surface area contributed by atoms with E-state index in [-0.39, 0.29) is 6.61 Å². The predicted molar refractivity (Wildman–Crippen MR) is 127 cm³/mol. The molecule has 0 aliphatic rings. The number of benzene rings is 3. The molecule has 0 unspecified atom stereocenters. The maximum atomic E-state index is 12.8. The highest BCUT2D eigenvalue weighted by Crippen LogP contribution is 2.30. The van der Waals surface area contributed by atoms with Gasteiger partial charge in [0, 0.05) is 17.0 Å². The number of carbonyl (C=O) groups excluding carboxylic acids is 1.